The summed E-state index contributed by atoms with van der Waals surface area (Å²) in [6.07, 6.45) is -12.1. The minimum atomic E-state index is -2.56. The van der Waals surface area contributed by atoms with E-state index in [0.717, 1.165) is 27.7 Å². The normalized spacial score (nSPS) is 38.2. The number of esters is 7. The van der Waals surface area contributed by atoms with Gasteiger partial charge in [0.15, 0.2) is 30.0 Å². The maximum absolute atomic E-state index is 13.5. The van der Waals surface area contributed by atoms with Crippen molar-refractivity contribution in [1.29, 1.82) is 0 Å². The molecule has 0 bridgehead atoms. The van der Waals surface area contributed by atoms with Crippen LogP contribution < -0.4 is 0 Å². The monoisotopic (exact) mass is 800 g/mol. The summed E-state index contributed by atoms with van der Waals surface area (Å²) in [6.45, 7) is 18.0. The molecule has 0 aromatic heterocycles. The summed E-state index contributed by atoms with van der Waals surface area (Å²) in [5, 5.41) is 11.6. The quantitative estimate of drug-likeness (QED) is 0.110. The van der Waals surface area contributed by atoms with Crippen LogP contribution in [0.15, 0.2) is 12.2 Å². The highest BCUT2D eigenvalue weighted by Gasteiger charge is 2.82. The van der Waals surface area contributed by atoms with Crippen molar-refractivity contribution in [3.63, 3.8) is 0 Å². The molecule has 2 heterocycles. The molecule has 17 heteroatoms. The van der Waals surface area contributed by atoms with Gasteiger partial charge in [-0.25, -0.2) is 0 Å². The zero-order valence-electron chi connectivity index (χ0n) is 32.9. The molecule has 0 radical (unpaired) electrons. The maximum atomic E-state index is 13.5. The van der Waals surface area contributed by atoms with E-state index in [1.54, 1.807) is 27.7 Å². The number of halogens is 1. The predicted octanol–water partition coefficient (Wildman–Crippen LogP) is 2.89. The molecule has 55 heavy (non-hydrogen) atoms. The SMILES string of the molecule is C=C1[C@H](OC(=O)CC(C)C)C[C@H](OC(C)=O)[C@@]2(C)[C@@H](OC(C)=O)[C@H](OC(=O)CC(C)C)[C@@H](OC(C)=O)[C@]3(CO3)[C@@H]2[C@H](OC(C)=O)[C@]2(O)[C@@H](C)C(=O)O[C@H]2[C@H]1Cl. The van der Waals surface area contributed by atoms with E-state index in [2.05, 4.69) is 6.58 Å². The van der Waals surface area contributed by atoms with Gasteiger partial charge in [0.05, 0.1) is 23.3 Å². The van der Waals surface area contributed by atoms with Crippen LogP contribution in [0.1, 0.15) is 88.5 Å². The predicted molar refractivity (Wildman–Crippen MR) is 189 cm³/mol. The lowest BCUT2D eigenvalue weighted by Gasteiger charge is -2.60. The molecule has 0 unspecified atom stereocenters. The van der Waals surface area contributed by atoms with Gasteiger partial charge in [-0.05, 0) is 24.3 Å². The molecule has 0 aromatic carbocycles. The lowest BCUT2D eigenvalue weighted by Crippen LogP contribution is -2.77. The second kappa shape index (κ2) is 16.4. The Morgan fingerprint density at radius 3 is 1.76 bits per heavy atom. The number of rotatable bonds is 10. The van der Waals surface area contributed by atoms with Crippen molar-refractivity contribution < 1.29 is 76.6 Å². The molecular formula is C38H53ClO16. The Kier molecular flexibility index (Phi) is 13.1. The van der Waals surface area contributed by atoms with Gasteiger partial charge >= 0.3 is 41.8 Å². The van der Waals surface area contributed by atoms with Crippen LogP contribution in [0.5, 0.6) is 0 Å². The Balaban J connectivity index is 2.17. The van der Waals surface area contributed by atoms with Gasteiger partial charge in [0.25, 0.3) is 0 Å². The van der Waals surface area contributed by atoms with Crippen LogP contribution in [0, 0.1) is 29.1 Å². The molecule has 2 saturated heterocycles. The third-order valence-electron chi connectivity index (χ3n) is 10.9. The van der Waals surface area contributed by atoms with Gasteiger partial charge in [-0.2, -0.15) is 0 Å². The summed E-state index contributed by atoms with van der Waals surface area (Å²) in [5.74, 6) is -9.38. The van der Waals surface area contributed by atoms with E-state index in [-0.39, 0.29) is 36.9 Å². The third kappa shape index (κ3) is 8.51. The molecular weight excluding hydrogens is 748 g/mol. The lowest BCUT2D eigenvalue weighted by atomic mass is 9.51. The van der Waals surface area contributed by atoms with Gasteiger partial charge in [0, 0.05) is 52.9 Å². The van der Waals surface area contributed by atoms with Gasteiger partial charge in [-0.3, -0.25) is 33.6 Å². The van der Waals surface area contributed by atoms with Crippen molar-refractivity contribution >= 4 is 53.4 Å². The molecule has 13 atom stereocenters. The van der Waals surface area contributed by atoms with Crippen LogP contribution in [0.4, 0.5) is 0 Å². The number of carbonyl (C=O) groups is 7. The van der Waals surface area contributed by atoms with Crippen LogP contribution in [-0.2, 0) is 71.5 Å². The molecule has 2 aliphatic carbocycles. The summed E-state index contributed by atoms with van der Waals surface area (Å²) in [7, 11) is 0. The first-order chi connectivity index (χ1) is 25.4. The molecule has 4 rings (SSSR count). The van der Waals surface area contributed by atoms with E-state index in [4.69, 9.17) is 49.5 Å². The maximum Gasteiger partial charge on any atom is 0.312 e. The van der Waals surface area contributed by atoms with E-state index in [1.807, 2.05) is 0 Å². The Hall–Kier alpha value is -3.76. The highest BCUT2D eigenvalue weighted by molar-refractivity contribution is 6.23. The smallest absolute Gasteiger partial charge is 0.312 e. The topological polar surface area (TPSA) is 217 Å². The second-order valence-electron chi connectivity index (χ2n) is 16.1. The van der Waals surface area contributed by atoms with Crippen LogP contribution in [-0.4, -0.2) is 113 Å². The molecule has 2 aliphatic heterocycles. The first-order valence-electron chi connectivity index (χ1n) is 18.4. The Labute approximate surface area is 325 Å². The highest BCUT2D eigenvalue weighted by Crippen LogP contribution is 2.64. The first-order valence-corrected chi connectivity index (χ1v) is 18.8. The average molecular weight is 801 g/mol. The fourth-order valence-electron chi connectivity index (χ4n) is 8.52. The van der Waals surface area contributed by atoms with Crippen molar-refractivity contribution in [2.24, 2.45) is 29.1 Å². The number of hydrogen-bond donors (Lipinski definition) is 1. The third-order valence-corrected chi connectivity index (χ3v) is 11.4. The molecule has 1 spiro atoms. The molecule has 0 aromatic rings. The molecule has 2 saturated carbocycles. The number of carbonyl (C=O) groups excluding carboxylic acids is 7. The summed E-state index contributed by atoms with van der Waals surface area (Å²) < 4.78 is 47.9. The summed E-state index contributed by atoms with van der Waals surface area (Å²) in [6, 6.07) is 0. The number of aliphatic hydroxyl groups is 1. The van der Waals surface area contributed by atoms with E-state index >= 15 is 0 Å². The Morgan fingerprint density at radius 1 is 0.818 bits per heavy atom. The summed E-state index contributed by atoms with van der Waals surface area (Å²) >= 11 is 7.04. The fraction of sp³-hybridized carbons (Fsp3) is 0.763. The molecule has 1 N–H and O–H groups in total. The number of epoxide rings is 1. The molecule has 0 amide bonds. The van der Waals surface area contributed by atoms with Gasteiger partial charge in [0.1, 0.15) is 23.9 Å². The summed E-state index contributed by atoms with van der Waals surface area (Å²) in [4.78, 5) is 92.7. The van der Waals surface area contributed by atoms with E-state index in [1.165, 1.54) is 13.8 Å². The van der Waals surface area contributed by atoms with Crippen molar-refractivity contribution in [2.75, 3.05) is 6.61 Å². The van der Waals surface area contributed by atoms with Crippen LogP contribution in [0.3, 0.4) is 0 Å². The van der Waals surface area contributed by atoms with Gasteiger partial charge in [-0.1, -0.05) is 41.2 Å². The lowest BCUT2D eigenvalue weighted by molar-refractivity contribution is -0.287. The average Bonchev–Trinajstić information content (AvgIpc) is 3.79. The van der Waals surface area contributed by atoms with E-state index in [0.29, 0.717) is 0 Å². The second-order valence-corrected chi connectivity index (χ2v) is 16.6. The Morgan fingerprint density at radius 2 is 1.29 bits per heavy atom. The fourth-order valence-corrected chi connectivity index (χ4v) is 8.91. The minimum Gasteiger partial charge on any atom is -0.462 e. The van der Waals surface area contributed by atoms with E-state index in [9.17, 15) is 38.7 Å². The van der Waals surface area contributed by atoms with Crippen LogP contribution >= 0.6 is 11.6 Å². The Bertz CT molecular complexity index is 1570. The van der Waals surface area contributed by atoms with Crippen LogP contribution in [0.2, 0.25) is 0 Å². The van der Waals surface area contributed by atoms with Crippen molar-refractivity contribution in [2.45, 2.75) is 148 Å². The first kappa shape index (κ1) is 44.0. The summed E-state index contributed by atoms with van der Waals surface area (Å²) in [5.41, 5.74) is -6.46. The van der Waals surface area contributed by atoms with Gasteiger partial charge in [-0.15, -0.1) is 11.6 Å². The zero-order valence-corrected chi connectivity index (χ0v) is 33.7. The van der Waals surface area contributed by atoms with Crippen molar-refractivity contribution in [3.05, 3.63) is 12.2 Å². The van der Waals surface area contributed by atoms with Crippen molar-refractivity contribution in [1.82, 2.24) is 0 Å². The van der Waals surface area contributed by atoms with E-state index < -0.39 is 125 Å². The molecule has 308 valence electrons. The number of hydrogen-bond acceptors (Lipinski definition) is 16. The highest BCUT2D eigenvalue weighted by atomic mass is 35.5. The molecule has 4 fully saturated rings. The zero-order chi connectivity index (χ0) is 41.5. The number of fused-ring (bicyclic) bond motifs is 3. The minimum absolute atomic E-state index is 0.0479. The van der Waals surface area contributed by atoms with Gasteiger partial charge in [0.2, 0.25) is 0 Å². The number of alkyl halides is 1. The van der Waals surface area contributed by atoms with Crippen molar-refractivity contribution in [3.8, 4) is 0 Å². The standard InChI is InChI=1S/C38H53ClO16/c1-16(2)12-26(44)53-24-14-25(49-20(7)40)36(11)30(34(52-23(10)43)38(47)19(6)35(46)55-31(38)28(39)18(24)5)37(15-48-37)33(51-22(9)42)29(32(36)50-21(8)41)54-27(45)13-17(3)4/h16-17,19,24-25,28-34,47H,5,12-15H2,1-4,6-11H3/t19-,24+,25-,28-,29-,30+,31-,32-,33+,34-,36+,37-,38-/m0/s1. The molecule has 4 aliphatic rings. The van der Waals surface area contributed by atoms with Crippen LogP contribution in [0.25, 0.3) is 0 Å². The molecule has 16 nitrogen and oxygen atoms in total. The largest absolute Gasteiger partial charge is 0.462 e. The van der Waals surface area contributed by atoms with Gasteiger partial charge < -0.3 is 43.0 Å². The number of ether oxygens (including phenoxy) is 8.